The fourth-order valence-electron chi connectivity index (χ4n) is 3.75. The van der Waals surface area contributed by atoms with Crippen molar-refractivity contribution in [2.45, 2.75) is 6.61 Å². The van der Waals surface area contributed by atoms with Crippen LogP contribution in [0.4, 0.5) is 5.69 Å². The van der Waals surface area contributed by atoms with Crippen LogP contribution in [0.5, 0.6) is 5.75 Å². The number of nitrogens with zero attached hydrogens (tertiary/aromatic N) is 3. The van der Waals surface area contributed by atoms with Gasteiger partial charge in [0.25, 0.3) is 17.4 Å². The third-order valence-corrected chi connectivity index (χ3v) is 5.58. The number of benzene rings is 2. The van der Waals surface area contributed by atoms with Gasteiger partial charge in [-0.05, 0) is 36.4 Å². The minimum absolute atomic E-state index is 0.0286. The number of amides is 3. The predicted molar refractivity (Wildman–Crippen MR) is 128 cm³/mol. The van der Waals surface area contributed by atoms with Gasteiger partial charge in [0.2, 0.25) is 5.91 Å². The third-order valence-electron chi connectivity index (χ3n) is 5.36. The topological polar surface area (TPSA) is 110 Å². The molecule has 4 aromatic rings. The first-order valence-electron chi connectivity index (χ1n) is 10.5. The molecule has 2 aromatic heterocycles. The number of halogens is 1. The molecule has 0 saturated carbocycles. The quantitative estimate of drug-likeness (QED) is 0.417. The molecule has 0 saturated heterocycles. The molecule has 3 heterocycles. The Morgan fingerprint density at radius 2 is 1.69 bits per heavy atom. The van der Waals surface area contributed by atoms with Crippen LogP contribution in [0.2, 0.25) is 5.02 Å². The lowest BCUT2D eigenvalue weighted by molar-refractivity contribution is -0.116. The van der Waals surface area contributed by atoms with Crippen molar-refractivity contribution in [3.05, 3.63) is 105 Å². The number of hydrogen-bond acceptors (Lipinski definition) is 6. The molecule has 1 aliphatic heterocycles. The van der Waals surface area contributed by atoms with Gasteiger partial charge in [-0.15, -0.1) is 0 Å². The number of fused-ring (bicyclic) bond motifs is 2. The summed E-state index contributed by atoms with van der Waals surface area (Å²) in [7, 11) is 0. The van der Waals surface area contributed by atoms with E-state index in [1.54, 1.807) is 60.7 Å². The highest BCUT2D eigenvalue weighted by atomic mass is 35.5. The van der Waals surface area contributed by atoms with Gasteiger partial charge in [-0.25, -0.2) is 4.98 Å². The summed E-state index contributed by atoms with van der Waals surface area (Å²) in [5, 5.41) is 3.09. The minimum atomic E-state index is -0.528. The Balaban J connectivity index is 1.24. The standard InChI is InChI=1S/C25H17ClN4O5/c26-15-8-9-21-27-17(11-23(32)29(21)12-15)14-35-18-5-3-4-16(10-18)28-22(31)13-30-24(33)19-6-1-2-7-20(19)25(30)34/h1-12H,13-14H2,(H,28,31). The van der Waals surface area contributed by atoms with E-state index in [4.69, 9.17) is 16.3 Å². The largest absolute Gasteiger partial charge is 0.487 e. The average Bonchev–Trinajstić information content (AvgIpc) is 3.08. The lowest BCUT2D eigenvalue weighted by Gasteiger charge is -2.14. The molecule has 0 unspecified atom stereocenters. The van der Waals surface area contributed by atoms with Crippen molar-refractivity contribution in [2.24, 2.45) is 0 Å². The molecule has 0 atom stereocenters. The predicted octanol–water partition coefficient (Wildman–Crippen LogP) is 3.16. The van der Waals surface area contributed by atoms with E-state index in [-0.39, 0.29) is 23.3 Å². The normalized spacial score (nSPS) is 12.7. The van der Waals surface area contributed by atoms with Crippen LogP contribution in [0, 0.1) is 0 Å². The van der Waals surface area contributed by atoms with E-state index in [0.29, 0.717) is 27.8 Å². The van der Waals surface area contributed by atoms with Crippen molar-refractivity contribution >= 4 is 40.7 Å². The van der Waals surface area contributed by atoms with Gasteiger partial charge in [-0.3, -0.25) is 28.5 Å². The van der Waals surface area contributed by atoms with Crippen LogP contribution >= 0.6 is 11.6 Å². The second-order valence-electron chi connectivity index (χ2n) is 7.77. The fraction of sp³-hybridized carbons (Fsp3) is 0.0800. The molecule has 1 N–H and O–H groups in total. The number of carbonyl (C=O) groups excluding carboxylic acids is 3. The first-order valence-corrected chi connectivity index (χ1v) is 10.9. The molecule has 10 heteroatoms. The maximum absolute atomic E-state index is 12.5. The second-order valence-corrected chi connectivity index (χ2v) is 8.20. The van der Waals surface area contributed by atoms with Gasteiger partial charge in [0.15, 0.2) is 0 Å². The van der Waals surface area contributed by atoms with E-state index in [1.807, 2.05) is 0 Å². The minimum Gasteiger partial charge on any atom is -0.487 e. The summed E-state index contributed by atoms with van der Waals surface area (Å²) in [6, 6.07) is 17.7. The first-order chi connectivity index (χ1) is 16.9. The maximum Gasteiger partial charge on any atom is 0.262 e. The van der Waals surface area contributed by atoms with E-state index in [0.717, 1.165) is 4.90 Å². The zero-order valence-electron chi connectivity index (χ0n) is 18.1. The molecule has 0 spiro atoms. The van der Waals surface area contributed by atoms with E-state index in [2.05, 4.69) is 10.3 Å². The van der Waals surface area contributed by atoms with Crippen LogP contribution in [0.1, 0.15) is 26.4 Å². The highest BCUT2D eigenvalue weighted by Gasteiger charge is 2.36. The first kappa shape index (κ1) is 22.3. The Hall–Kier alpha value is -4.50. The summed E-state index contributed by atoms with van der Waals surface area (Å²) >= 11 is 5.93. The molecular weight excluding hydrogens is 472 g/mol. The van der Waals surface area contributed by atoms with Crippen LogP contribution in [-0.4, -0.2) is 38.6 Å². The number of imide groups is 1. The summed E-state index contributed by atoms with van der Waals surface area (Å²) in [6.07, 6.45) is 1.49. The molecule has 0 fully saturated rings. The number of anilines is 1. The van der Waals surface area contributed by atoms with Crippen LogP contribution < -0.4 is 15.6 Å². The van der Waals surface area contributed by atoms with Crippen molar-refractivity contribution in [3.8, 4) is 5.75 Å². The van der Waals surface area contributed by atoms with Crippen LogP contribution in [0.15, 0.2) is 77.7 Å². The van der Waals surface area contributed by atoms with Gasteiger partial charge in [0, 0.05) is 24.0 Å². The van der Waals surface area contributed by atoms with Crippen molar-refractivity contribution in [1.82, 2.24) is 14.3 Å². The number of rotatable bonds is 6. The molecule has 0 aliphatic carbocycles. The molecule has 174 valence electrons. The van der Waals surface area contributed by atoms with Crippen LogP contribution in [-0.2, 0) is 11.4 Å². The van der Waals surface area contributed by atoms with Crippen molar-refractivity contribution < 1.29 is 19.1 Å². The Bertz CT molecular complexity index is 1530. The maximum atomic E-state index is 12.5. The summed E-state index contributed by atoms with van der Waals surface area (Å²) in [4.78, 5) is 55.1. The molecule has 35 heavy (non-hydrogen) atoms. The molecule has 1 aliphatic rings. The van der Waals surface area contributed by atoms with E-state index >= 15 is 0 Å². The Labute approximate surface area is 203 Å². The van der Waals surface area contributed by atoms with Gasteiger partial charge >= 0.3 is 0 Å². The number of hydrogen-bond donors (Lipinski definition) is 1. The fourth-order valence-corrected chi connectivity index (χ4v) is 3.91. The third kappa shape index (κ3) is 4.49. The van der Waals surface area contributed by atoms with Gasteiger partial charge in [-0.2, -0.15) is 0 Å². The molecule has 3 amide bonds. The Kier molecular flexibility index (Phi) is 5.76. The zero-order valence-corrected chi connectivity index (χ0v) is 18.9. The van der Waals surface area contributed by atoms with Crippen molar-refractivity contribution in [1.29, 1.82) is 0 Å². The highest BCUT2D eigenvalue weighted by molar-refractivity contribution is 6.30. The lowest BCUT2D eigenvalue weighted by Crippen LogP contribution is -2.37. The second kappa shape index (κ2) is 9.03. The molecule has 0 radical (unpaired) electrons. The Morgan fingerprint density at radius 3 is 2.43 bits per heavy atom. The number of carbonyl (C=O) groups is 3. The average molecular weight is 489 g/mol. The van der Waals surface area contributed by atoms with Gasteiger partial charge in [0.05, 0.1) is 21.8 Å². The van der Waals surface area contributed by atoms with E-state index in [1.165, 1.54) is 16.7 Å². The molecular formula is C25H17ClN4O5. The SMILES string of the molecule is O=C(CN1C(=O)c2ccccc2C1=O)Nc1cccc(OCc2cc(=O)n3cc(Cl)ccc3n2)c1. The molecule has 9 nitrogen and oxygen atoms in total. The van der Waals surface area contributed by atoms with Gasteiger partial charge in [-0.1, -0.05) is 29.8 Å². The number of ether oxygens (including phenoxy) is 1. The molecule has 0 bridgehead atoms. The zero-order chi connectivity index (χ0) is 24.5. The molecule has 2 aromatic carbocycles. The number of pyridine rings is 1. The van der Waals surface area contributed by atoms with Gasteiger partial charge in [0.1, 0.15) is 24.5 Å². The van der Waals surface area contributed by atoms with E-state index < -0.39 is 24.3 Å². The summed E-state index contributed by atoms with van der Waals surface area (Å²) in [6.45, 7) is -0.382. The van der Waals surface area contributed by atoms with Crippen LogP contribution in [0.3, 0.4) is 0 Å². The lowest BCUT2D eigenvalue weighted by atomic mass is 10.1. The van der Waals surface area contributed by atoms with Crippen LogP contribution in [0.25, 0.3) is 5.65 Å². The van der Waals surface area contributed by atoms with E-state index in [9.17, 15) is 19.2 Å². The highest BCUT2D eigenvalue weighted by Crippen LogP contribution is 2.23. The Morgan fingerprint density at radius 1 is 0.943 bits per heavy atom. The molecule has 5 rings (SSSR count). The summed E-state index contributed by atoms with van der Waals surface area (Å²) < 4.78 is 7.09. The van der Waals surface area contributed by atoms with Crippen molar-refractivity contribution in [2.75, 3.05) is 11.9 Å². The summed E-state index contributed by atoms with van der Waals surface area (Å²) in [5.41, 5.74) is 1.57. The monoisotopic (exact) mass is 488 g/mol. The van der Waals surface area contributed by atoms with Gasteiger partial charge < -0.3 is 10.1 Å². The smallest absolute Gasteiger partial charge is 0.262 e. The summed E-state index contributed by atoms with van der Waals surface area (Å²) in [5.74, 6) is -1.10. The number of nitrogens with one attached hydrogen (secondary N) is 1. The van der Waals surface area contributed by atoms with Crippen molar-refractivity contribution in [3.63, 3.8) is 0 Å². The number of aromatic nitrogens is 2.